The first kappa shape index (κ1) is 22.4. The van der Waals surface area contributed by atoms with E-state index >= 15 is 0 Å². The van der Waals surface area contributed by atoms with Gasteiger partial charge in [-0.2, -0.15) is 5.10 Å². The fraction of sp³-hybridized carbons (Fsp3) is 0.579. The molecule has 0 aliphatic heterocycles. The molecule has 0 fully saturated rings. The number of ether oxygens (including phenoxy) is 3. The average Bonchev–Trinajstić information content (AvgIpc) is 2.99. The number of anilines is 1. The highest BCUT2D eigenvalue weighted by atomic mass is 16.6. The van der Waals surface area contributed by atoms with Crippen LogP contribution in [0.5, 0.6) is 0 Å². The highest BCUT2D eigenvalue weighted by Gasteiger charge is 2.18. The minimum Gasteiger partial charge on any atom is -0.444 e. The Labute approximate surface area is 169 Å². The van der Waals surface area contributed by atoms with Gasteiger partial charge in [0.2, 0.25) is 0 Å². The lowest BCUT2D eigenvalue weighted by Crippen LogP contribution is -2.34. The summed E-state index contributed by atoms with van der Waals surface area (Å²) in [4.78, 5) is 27.8. The molecule has 2 heterocycles. The second-order valence-electron chi connectivity index (χ2n) is 8.40. The van der Waals surface area contributed by atoms with Crippen molar-refractivity contribution < 1.29 is 23.8 Å². The third-order valence-electron chi connectivity index (χ3n) is 3.25. The smallest absolute Gasteiger partial charge is 0.412 e. The summed E-state index contributed by atoms with van der Waals surface area (Å²) in [6.07, 6.45) is 2.07. The molecule has 0 saturated carbocycles. The molecule has 2 aromatic rings. The Morgan fingerprint density at radius 2 is 1.72 bits per heavy atom. The number of hydrogen-bond donors (Lipinski definition) is 2. The van der Waals surface area contributed by atoms with E-state index in [1.54, 1.807) is 58.3 Å². The molecule has 0 spiro atoms. The lowest BCUT2D eigenvalue weighted by Gasteiger charge is -2.20. The number of aromatic nitrogens is 3. The van der Waals surface area contributed by atoms with E-state index in [0.29, 0.717) is 24.5 Å². The van der Waals surface area contributed by atoms with E-state index in [2.05, 4.69) is 20.7 Å². The van der Waals surface area contributed by atoms with E-state index in [9.17, 15) is 9.59 Å². The fourth-order valence-electron chi connectivity index (χ4n) is 2.30. The lowest BCUT2D eigenvalue weighted by atomic mass is 10.2. The molecule has 2 rings (SSSR count). The van der Waals surface area contributed by atoms with Gasteiger partial charge in [0.15, 0.2) is 5.65 Å². The van der Waals surface area contributed by atoms with Gasteiger partial charge in [-0.25, -0.2) is 19.1 Å². The molecule has 2 amide bonds. The third-order valence-corrected chi connectivity index (χ3v) is 3.25. The van der Waals surface area contributed by atoms with Crippen LogP contribution in [0.15, 0.2) is 18.6 Å². The molecule has 160 valence electrons. The molecule has 0 bridgehead atoms. The van der Waals surface area contributed by atoms with Crippen LogP contribution in [0.25, 0.3) is 5.65 Å². The van der Waals surface area contributed by atoms with E-state index in [-0.39, 0.29) is 6.61 Å². The summed E-state index contributed by atoms with van der Waals surface area (Å²) in [7, 11) is 0. The second kappa shape index (κ2) is 9.08. The van der Waals surface area contributed by atoms with E-state index in [4.69, 9.17) is 14.2 Å². The van der Waals surface area contributed by atoms with Crippen molar-refractivity contribution in [3.63, 3.8) is 0 Å². The number of carbonyl (C=O) groups is 2. The number of hydrogen-bond acceptors (Lipinski definition) is 7. The first-order valence-electron chi connectivity index (χ1n) is 9.30. The SMILES string of the molecule is CC(C)(C)OC(=O)NCCOCc1cc(NC(=O)OC(C)(C)C)c2ncnn2c1. The van der Waals surface area contributed by atoms with Gasteiger partial charge in [0.05, 0.1) is 18.9 Å². The van der Waals surface area contributed by atoms with Gasteiger partial charge in [-0.3, -0.25) is 5.32 Å². The van der Waals surface area contributed by atoms with Crippen LogP contribution in [0.3, 0.4) is 0 Å². The number of nitrogens with zero attached hydrogens (tertiary/aromatic N) is 3. The second-order valence-corrected chi connectivity index (χ2v) is 8.40. The highest BCUT2D eigenvalue weighted by Crippen LogP contribution is 2.19. The van der Waals surface area contributed by atoms with Crippen LogP contribution >= 0.6 is 0 Å². The van der Waals surface area contributed by atoms with Crippen molar-refractivity contribution in [2.75, 3.05) is 18.5 Å². The summed E-state index contributed by atoms with van der Waals surface area (Å²) < 4.78 is 17.6. The molecule has 0 saturated heterocycles. The number of alkyl carbamates (subject to hydrolysis) is 1. The minimum atomic E-state index is -0.615. The number of nitrogens with one attached hydrogen (secondary N) is 2. The average molecular weight is 407 g/mol. The first-order valence-corrected chi connectivity index (χ1v) is 9.30. The lowest BCUT2D eigenvalue weighted by molar-refractivity contribution is 0.0493. The number of rotatable bonds is 6. The van der Waals surface area contributed by atoms with Crippen molar-refractivity contribution in [3.05, 3.63) is 24.2 Å². The Morgan fingerprint density at radius 3 is 2.38 bits per heavy atom. The van der Waals surface area contributed by atoms with Gasteiger partial charge < -0.3 is 19.5 Å². The van der Waals surface area contributed by atoms with E-state index in [1.807, 2.05) is 0 Å². The molecule has 0 radical (unpaired) electrons. The number of amides is 2. The standard InChI is InChI=1S/C19H29N5O5/c1-18(2,3)28-16(25)20-7-8-27-11-13-9-14(15-21-12-22-24(15)10-13)23-17(26)29-19(4,5)6/h9-10,12H,7-8,11H2,1-6H3,(H,20,25)(H,23,26). The largest absolute Gasteiger partial charge is 0.444 e. The Hall–Kier alpha value is -2.88. The van der Waals surface area contributed by atoms with Crippen LogP contribution in [0.1, 0.15) is 47.1 Å². The Kier molecular flexibility index (Phi) is 7.02. The van der Waals surface area contributed by atoms with E-state index in [0.717, 1.165) is 5.56 Å². The Morgan fingerprint density at radius 1 is 1.07 bits per heavy atom. The van der Waals surface area contributed by atoms with Crippen LogP contribution in [0.2, 0.25) is 0 Å². The zero-order valence-electron chi connectivity index (χ0n) is 17.7. The molecule has 2 N–H and O–H groups in total. The van der Waals surface area contributed by atoms with Crippen molar-refractivity contribution in [1.29, 1.82) is 0 Å². The van der Waals surface area contributed by atoms with Crippen molar-refractivity contribution in [2.24, 2.45) is 0 Å². The van der Waals surface area contributed by atoms with Gasteiger partial charge in [-0.05, 0) is 53.2 Å². The van der Waals surface area contributed by atoms with Gasteiger partial charge in [0.25, 0.3) is 0 Å². The van der Waals surface area contributed by atoms with Crippen molar-refractivity contribution in [3.8, 4) is 0 Å². The van der Waals surface area contributed by atoms with Crippen LogP contribution in [-0.4, -0.2) is 51.1 Å². The molecule has 0 aliphatic rings. The molecule has 0 aromatic carbocycles. The molecule has 10 nitrogen and oxygen atoms in total. The van der Waals surface area contributed by atoms with E-state index in [1.165, 1.54) is 6.33 Å². The molecular weight excluding hydrogens is 378 g/mol. The maximum absolute atomic E-state index is 12.1. The number of carbonyl (C=O) groups excluding carboxylic acids is 2. The Bertz CT molecular complexity index is 851. The zero-order chi connectivity index (χ0) is 21.7. The molecular formula is C19H29N5O5. The predicted molar refractivity (Wildman–Crippen MR) is 107 cm³/mol. The van der Waals surface area contributed by atoms with Gasteiger partial charge >= 0.3 is 12.2 Å². The summed E-state index contributed by atoms with van der Waals surface area (Å²) in [5, 5.41) is 9.42. The van der Waals surface area contributed by atoms with Crippen LogP contribution < -0.4 is 10.6 Å². The first-order chi connectivity index (χ1) is 13.4. The maximum atomic E-state index is 12.1. The molecule has 0 aliphatic carbocycles. The van der Waals surface area contributed by atoms with Crippen LogP contribution in [-0.2, 0) is 20.8 Å². The predicted octanol–water partition coefficient (Wildman–Crippen LogP) is 3.12. The summed E-state index contributed by atoms with van der Waals surface area (Å²) >= 11 is 0. The van der Waals surface area contributed by atoms with E-state index < -0.39 is 23.4 Å². The topological polar surface area (TPSA) is 116 Å². The number of pyridine rings is 1. The summed E-state index contributed by atoms with van der Waals surface area (Å²) in [6, 6.07) is 1.75. The number of fused-ring (bicyclic) bond motifs is 1. The monoisotopic (exact) mass is 407 g/mol. The summed E-state index contributed by atoms with van der Waals surface area (Å²) in [5.74, 6) is 0. The van der Waals surface area contributed by atoms with Gasteiger partial charge in [-0.15, -0.1) is 0 Å². The quantitative estimate of drug-likeness (QED) is 0.707. The Balaban J connectivity index is 1.91. The third kappa shape index (κ3) is 7.94. The molecule has 10 heteroatoms. The highest BCUT2D eigenvalue weighted by molar-refractivity contribution is 5.89. The van der Waals surface area contributed by atoms with Crippen molar-refractivity contribution in [1.82, 2.24) is 19.9 Å². The molecule has 2 aromatic heterocycles. The van der Waals surface area contributed by atoms with Crippen LogP contribution in [0, 0.1) is 0 Å². The molecule has 29 heavy (non-hydrogen) atoms. The molecule has 0 unspecified atom stereocenters. The van der Waals surface area contributed by atoms with Crippen molar-refractivity contribution >= 4 is 23.5 Å². The fourth-order valence-corrected chi connectivity index (χ4v) is 2.30. The van der Waals surface area contributed by atoms with Gasteiger partial charge in [0, 0.05) is 12.7 Å². The van der Waals surface area contributed by atoms with Crippen molar-refractivity contribution in [2.45, 2.75) is 59.4 Å². The van der Waals surface area contributed by atoms with Gasteiger partial charge in [-0.1, -0.05) is 0 Å². The zero-order valence-corrected chi connectivity index (χ0v) is 17.7. The maximum Gasteiger partial charge on any atom is 0.412 e. The normalized spacial score (nSPS) is 11.9. The summed E-state index contributed by atoms with van der Waals surface area (Å²) in [5.41, 5.74) is 0.563. The molecule has 0 atom stereocenters. The summed E-state index contributed by atoms with van der Waals surface area (Å²) in [6.45, 7) is 11.6. The minimum absolute atomic E-state index is 0.259. The van der Waals surface area contributed by atoms with Gasteiger partial charge in [0.1, 0.15) is 17.5 Å². The van der Waals surface area contributed by atoms with Crippen LogP contribution in [0.4, 0.5) is 15.3 Å².